The highest BCUT2D eigenvalue weighted by molar-refractivity contribution is 5.72. The van der Waals surface area contributed by atoms with Crippen LogP contribution in [0.4, 0.5) is 0 Å². The van der Waals surface area contributed by atoms with Crippen molar-refractivity contribution in [2.24, 2.45) is 5.92 Å². The molecule has 0 saturated heterocycles. The predicted octanol–water partition coefficient (Wildman–Crippen LogP) is 2.18. The molecule has 0 bridgehead atoms. The molecule has 1 atom stereocenters. The molecule has 0 radical (unpaired) electrons. The highest BCUT2D eigenvalue weighted by Crippen LogP contribution is 2.04. The number of aldehydes is 1. The first-order valence-corrected chi connectivity index (χ1v) is 3.34. The third kappa shape index (κ3) is 3.95. The van der Waals surface area contributed by atoms with Crippen molar-refractivity contribution >= 4 is 6.29 Å². The van der Waals surface area contributed by atoms with Gasteiger partial charge in [0.15, 0.2) is 0 Å². The zero-order valence-corrected chi connectivity index (χ0v) is 6.35. The third-order valence-corrected chi connectivity index (χ3v) is 1.38. The lowest BCUT2D eigenvalue weighted by Crippen LogP contribution is -1.87. The Balaban J connectivity index is 3.78. The van der Waals surface area contributed by atoms with Gasteiger partial charge in [0.1, 0.15) is 6.29 Å². The lowest BCUT2D eigenvalue weighted by molar-refractivity contribution is -0.104. The summed E-state index contributed by atoms with van der Waals surface area (Å²) in [6.07, 6.45) is 3.99. The fraction of sp³-hybridized carbons (Fsp3) is 0.625. The Morgan fingerprint density at radius 2 is 2.22 bits per heavy atom. The molecular weight excluding hydrogens is 112 g/mol. The Morgan fingerprint density at radius 1 is 1.67 bits per heavy atom. The van der Waals surface area contributed by atoms with Crippen molar-refractivity contribution in [2.75, 3.05) is 0 Å². The summed E-state index contributed by atoms with van der Waals surface area (Å²) >= 11 is 0. The van der Waals surface area contributed by atoms with Gasteiger partial charge in [-0.15, -0.1) is 0 Å². The molecule has 0 aliphatic carbocycles. The molecule has 1 heteroatoms. The van der Waals surface area contributed by atoms with Gasteiger partial charge in [0.25, 0.3) is 0 Å². The molecule has 1 nitrogen and oxygen atoms in total. The second kappa shape index (κ2) is 4.30. The van der Waals surface area contributed by atoms with Crippen molar-refractivity contribution < 1.29 is 4.79 Å². The average molecular weight is 126 g/mol. The SMILES string of the molecule is CC[C@H](C)/C=C(\C)C=O. The minimum Gasteiger partial charge on any atom is -0.298 e. The van der Waals surface area contributed by atoms with Gasteiger partial charge in [-0.1, -0.05) is 26.3 Å². The first kappa shape index (κ1) is 8.41. The first-order valence-electron chi connectivity index (χ1n) is 3.34. The summed E-state index contributed by atoms with van der Waals surface area (Å²) in [5.41, 5.74) is 0.837. The maximum absolute atomic E-state index is 10.1. The summed E-state index contributed by atoms with van der Waals surface area (Å²) in [5, 5.41) is 0. The van der Waals surface area contributed by atoms with Crippen LogP contribution >= 0.6 is 0 Å². The molecule has 52 valence electrons. The van der Waals surface area contributed by atoms with Gasteiger partial charge in [0, 0.05) is 0 Å². The number of hydrogen-bond acceptors (Lipinski definition) is 1. The summed E-state index contributed by atoms with van der Waals surface area (Å²) < 4.78 is 0. The van der Waals surface area contributed by atoms with Crippen LogP contribution in [-0.2, 0) is 4.79 Å². The number of carbonyl (C=O) groups is 1. The Labute approximate surface area is 56.8 Å². The van der Waals surface area contributed by atoms with Gasteiger partial charge in [0.2, 0.25) is 0 Å². The summed E-state index contributed by atoms with van der Waals surface area (Å²) in [6, 6.07) is 0. The Morgan fingerprint density at radius 3 is 2.56 bits per heavy atom. The van der Waals surface area contributed by atoms with Gasteiger partial charge < -0.3 is 0 Å². The van der Waals surface area contributed by atoms with Gasteiger partial charge in [0.05, 0.1) is 0 Å². The van der Waals surface area contributed by atoms with Gasteiger partial charge in [-0.25, -0.2) is 0 Å². The molecule has 0 aromatic carbocycles. The van der Waals surface area contributed by atoms with Crippen LogP contribution < -0.4 is 0 Å². The average Bonchev–Trinajstić information content (AvgIpc) is 1.87. The standard InChI is InChI=1S/C8H14O/c1-4-7(2)5-8(3)6-9/h5-7H,4H2,1-3H3/b8-5+/t7-/m0/s1. The number of allylic oxidation sites excluding steroid dienone is 2. The van der Waals surface area contributed by atoms with E-state index in [1.807, 2.05) is 13.0 Å². The molecule has 0 heterocycles. The minimum atomic E-state index is 0.537. The van der Waals surface area contributed by atoms with Crippen LogP contribution in [0.25, 0.3) is 0 Å². The smallest absolute Gasteiger partial charge is 0.145 e. The van der Waals surface area contributed by atoms with E-state index in [1.165, 1.54) is 0 Å². The first-order chi connectivity index (χ1) is 4.20. The highest BCUT2D eigenvalue weighted by Gasteiger charge is 1.92. The van der Waals surface area contributed by atoms with Crippen LogP contribution in [0.5, 0.6) is 0 Å². The van der Waals surface area contributed by atoms with E-state index >= 15 is 0 Å². The lowest BCUT2D eigenvalue weighted by atomic mass is 10.1. The maximum Gasteiger partial charge on any atom is 0.145 e. The second-order valence-corrected chi connectivity index (χ2v) is 2.41. The van der Waals surface area contributed by atoms with Crippen LogP contribution in [0.3, 0.4) is 0 Å². The normalized spacial score (nSPS) is 15.2. The van der Waals surface area contributed by atoms with E-state index in [0.717, 1.165) is 18.3 Å². The van der Waals surface area contributed by atoms with Crippen molar-refractivity contribution in [2.45, 2.75) is 27.2 Å². The molecular formula is C8H14O. The largest absolute Gasteiger partial charge is 0.298 e. The van der Waals surface area contributed by atoms with E-state index in [1.54, 1.807) is 0 Å². The monoisotopic (exact) mass is 126 g/mol. The Kier molecular flexibility index (Phi) is 4.02. The minimum absolute atomic E-state index is 0.537. The topological polar surface area (TPSA) is 17.1 Å². The van der Waals surface area contributed by atoms with Gasteiger partial charge in [-0.3, -0.25) is 4.79 Å². The number of hydrogen-bond donors (Lipinski definition) is 0. The quantitative estimate of drug-likeness (QED) is 0.418. The molecule has 0 amide bonds. The van der Waals surface area contributed by atoms with E-state index < -0.39 is 0 Å². The summed E-state index contributed by atoms with van der Waals surface area (Å²) in [7, 11) is 0. The fourth-order valence-electron chi connectivity index (χ4n) is 0.606. The Bertz CT molecular complexity index is 114. The van der Waals surface area contributed by atoms with E-state index in [2.05, 4.69) is 13.8 Å². The summed E-state index contributed by atoms with van der Waals surface area (Å²) in [4.78, 5) is 10.1. The molecule has 0 aromatic heterocycles. The zero-order valence-electron chi connectivity index (χ0n) is 6.35. The van der Waals surface area contributed by atoms with Crippen molar-refractivity contribution in [1.82, 2.24) is 0 Å². The number of carbonyl (C=O) groups excluding carboxylic acids is 1. The molecule has 0 unspecified atom stereocenters. The van der Waals surface area contributed by atoms with E-state index in [9.17, 15) is 4.79 Å². The zero-order chi connectivity index (χ0) is 7.28. The molecule has 0 aromatic rings. The van der Waals surface area contributed by atoms with Crippen LogP contribution in [0, 0.1) is 5.92 Å². The van der Waals surface area contributed by atoms with Gasteiger partial charge in [-0.05, 0) is 18.4 Å². The maximum atomic E-state index is 10.1. The third-order valence-electron chi connectivity index (χ3n) is 1.38. The van der Waals surface area contributed by atoms with Crippen LogP contribution in [-0.4, -0.2) is 6.29 Å². The van der Waals surface area contributed by atoms with Crippen molar-refractivity contribution in [1.29, 1.82) is 0 Å². The molecule has 0 aliphatic heterocycles. The second-order valence-electron chi connectivity index (χ2n) is 2.41. The fourth-order valence-corrected chi connectivity index (χ4v) is 0.606. The summed E-state index contributed by atoms with van der Waals surface area (Å²) in [6.45, 7) is 6.05. The molecule has 0 saturated carbocycles. The van der Waals surface area contributed by atoms with E-state index in [-0.39, 0.29) is 0 Å². The molecule has 0 fully saturated rings. The molecule has 9 heavy (non-hydrogen) atoms. The van der Waals surface area contributed by atoms with E-state index in [4.69, 9.17) is 0 Å². The number of rotatable bonds is 3. The van der Waals surface area contributed by atoms with Gasteiger partial charge >= 0.3 is 0 Å². The molecule has 0 rings (SSSR count). The van der Waals surface area contributed by atoms with Crippen LogP contribution in [0.1, 0.15) is 27.2 Å². The molecule has 0 aliphatic rings. The van der Waals surface area contributed by atoms with E-state index in [0.29, 0.717) is 5.92 Å². The van der Waals surface area contributed by atoms with Crippen LogP contribution in [0.15, 0.2) is 11.6 Å². The summed E-state index contributed by atoms with van der Waals surface area (Å²) in [5.74, 6) is 0.537. The van der Waals surface area contributed by atoms with Crippen molar-refractivity contribution in [3.63, 3.8) is 0 Å². The van der Waals surface area contributed by atoms with Crippen molar-refractivity contribution in [3.05, 3.63) is 11.6 Å². The van der Waals surface area contributed by atoms with Crippen LogP contribution in [0.2, 0.25) is 0 Å². The van der Waals surface area contributed by atoms with Crippen molar-refractivity contribution in [3.8, 4) is 0 Å². The predicted molar refractivity (Wildman–Crippen MR) is 39.3 cm³/mol. The molecule has 0 spiro atoms. The van der Waals surface area contributed by atoms with Gasteiger partial charge in [-0.2, -0.15) is 0 Å². The highest BCUT2D eigenvalue weighted by atomic mass is 16.1. The lowest BCUT2D eigenvalue weighted by Gasteiger charge is -1.98. The Hall–Kier alpha value is -0.590. The molecule has 0 N–H and O–H groups in total.